The van der Waals surface area contributed by atoms with Crippen LogP contribution in [0.1, 0.15) is 5.56 Å². The number of hydrogen-bond donors (Lipinski definition) is 0. The van der Waals surface area contributed by atoms with Gasteiger partial charge in [-0.2, -0.15) is 13.2 Å². The van der Waals surface area contributed by atoms with E-state index in [4.69, 9.17) is 0 Å². The third-order valence-corrected chi connectivity index (χ3v) is 1.86. The third kappa shape index (κ3) is 2.61. The van der Waals surface area contributed by atoms with Crippen LogP contribution in [0.5, 0.6) is 0 Å². The van der Waals surface area contributed by atoms with E-state index in [-0.39, 0.29) is 29.6 Å². The van der Waals surface area contributed by atoms with Crippen LogP contribution in [0.3, 0.4) is 0 Å². The zero-order valence-corrected chi connectivity index (χ0v) is 10.4. The first-order valence-electron chi connectivity index (χ1n) is 3.28. The summed E-state index contributed by atoms with van der Waals surface area (Å²) in [5.74, 6) is -9.52. The molecule has 0 aliphatic carbocycles. The van der Waals surface area contributed by atoms with E-state index < -0.39 is 39.9 Å². The van der Waals surface area contributed by atoms with Gasteiger partial charge >= 0.3 is 35.7 Å². The Kier molecular flexibility index (Phi) is 5.06. The Labute approximate surface area is 113 Å². The summed E-state index contributed by atoms with van der Waals surface area (Å²) in [6.45, 7) is 0. The Morgan fingerprint density at radius 1 is 0.750 bits per heavy atom. The quantitative estimate of drug-likeness (QED) is 0.281. The average molecular weight is 272 g/mol. The van der Waals surface area contributed by atoms with Gasteiger partial charge in [0.1, 0.15) is 17.2 Å². The van der Waals surface area contributed by atoms with Crippen molar-refractivity contribution in [3.63, 3.8) is 0 Å². The average Bonchev–Trinajstić information content (AvgIpc) is 2.09. The summed E-state index contributed by atoms with van der Waals surface area (Å²) in [5, 5.41) is 0. The fourth-order valence-corrected chi connectivity index (χ4v) is 1.04. The van der Waals surface area contributed by atoms with Gasteiger partial charge in [-0.15, -0.1) is 0 Å². The van der Waals surface area contributed by atoms with Crippen molar-refractivity contribution in [1.29, 1.82) is 0 Å². The van der Waals surface area contributed by atoms with Gasteiger partial charge in [0, 0.05) is 0 Å². The van der Waals surface area contributed by atoms with Crippen molar-refractivity contribution in [2.75, 3.05) is 0 Å². The molecule has 0 nitrogen and oxygen atoms in total. The molecule has 0 spiro atoms. The molecule has 0 aromatic heterocycles. The molecule has 1 aromatic rings. The first kappa shape index (κ1) is 16.0. The van der Waals surface area contributed by atoms with E-state index in [0.717, 1.165) is 0 Å². The summed E-state index contributed by atoms with van der Waals surface area (Å²) in [7, 11) is 0. The fourth-order valence-electron chi connectivity index (χ4n) is 0.860. The Hall–Kier alpha value is -0.0500. The maximum atomic E-state index is 12.6. The first-order valence-corrected chi connectivity index (χ1v) is 3.69. The second kappa shape index (κ2) is 5.07. The van der Waals surface area contributed by atoms with Crippen LogP contribution in [-0.2, 0) is 18.8 Å². The molecule has 9 heteroatoms. The summed E-state index contributed by atoms with van der Waals surface area (Å²) >= 11 is 3.85. The maximum absolute atomic E-state index is 12.6. The third-order valence-electron chi connectivity index (χ3n) is 1.51. The topological polar surface area (TPSA) is 0 Å². The zero-order valence-electron chi connectivity index (χ0n) is 7.55. The van der Waals surface area contributed by atoms with E-state index in [0.29, 0.717) is 0 Å². The Bertz CT molecular complexity index is 385. The summed E-state index contributed by atoms with van der Waals surface area (Å²) in [4.78, 5) is -1.54. The first-order chi connectivity index (χ1) is 6.68. The predicted octanol–water partition coefficient (Wildman–Crippen LogP) is 0.172. The molecule has 0 N–H and O–H groups in total. The van der Waals surface area contributed by atoms with Crippen molar-refractivity contribution in [3.05, 3.63) is 28.8 Å². The van der Waals surface area contributed by atoms with Gasteiger partial charge < -0.3 is 12.6 Å². The molecule has 84 valence electrons. The van der Waals surface area contributed by atoms with Gasteiger partial charge in [0.05, 0.1) is 0 Å². The Morgan fingerprint density at radius 3 is 1.31 bits per heavy atom. The van der Waals surface area contributed by atoms with Crippen LogP contribution in [0.4, 0.5) is 30.7 Å². The molecule has 0 amide bonds. The molecule has 0 heterocycles. The molecule has 16 heavy (non-hydrogen) atoms. The molecule has 0 fully saturated rings. The van der Waals surface area contributed by atoms with Crippen LogP contribution >= 0.6 is 0 Å². The number of alkyl halides is 3. The van der Waals surface area contributed by atoms with Crippen molar-refractivity contribution in [3.8, 4) is 0 Å². The minimum atomic E-state index is -5.53. The number of hydrogen-bond acceptors (Lipinski definition) is 1. The van der Waals surface area contributed by atoms with Crippen LogP contribution in [-0.4, -0.2) is 0 Å². The van der Waals surface area contributed by atoms with Gasteiger partial charge in [0.25, 0.3) is 0 Å². The molecule has 1 aromatic carbocycles. The monoisotopic (exact) mass is 272 g/mol. The van der Waals surface area contributed by atoms with Gasteiger partial charge in [-0.3, -0.25) is 0 Å². The number of rotatable bonds is 0. The number of halogens is 7. The van der Waals surface area contributed by atoms with Crippen molar-refractivity contribution < 1.29 is 60.3 Å². The summed E-state index contributed by atoms with van der Waals surface area (Å²) < 4.78 is 86.3. The van der Waals surface area contributed by atoms with Crippen LogP contribution in [0, 0.1) is 23.3 Å². The van der Waals surface area contributed by atoms with Crippen LogP contribution in [0.25, 0.3) is 0 Å². The van der Waals surface area contributed by atoms with Gasteiger partial charge in [-0.05, 0) is 0 Å². The van der Waals surface area contributed by atoms with Crippen molar-refractivity contribution in [2.24, 2.45) is 0 Å². The molecule has 1 rings (SSSR count). The Balaban J connectivity index is 0.00000225. The van der Waals surface area contributed by atoms with E-state index in [1.807, 2.05) is 0 Å². The molecule has 0 radical (unpaired) electrons. The molecule has 0 aliphatic rings. The molecule has 0 atom stereocenters. The molecular formula is C7F7NaS. The van der Waals surface area contributed by atoms with Crippen LogP contribution in [0.2, 0.25) is 0 Å². The summed E-state index contributed by atoms with van der Waals surface area (Å²) in [5.41, 5.74) is -2.62. The molecule has 0 bridgehead atoms. The minimum Gasteiger partial charge on any atom is -0.774 e. The van der Waals surface area contributed by atoms with Crippen LogP contribution in [0.15, 0.2) is 4.90 Å². The molecule has 0 saturated heterocycles. The van der Waals surface area contributed by atoms with E-state index >= 15 is 0 Å². The maximum Gasteiger partial charge on any atom is 1.00 e. The van der Waals surface area contributed by atoms with Gasteiger partial charge in [0.2, 0.25) is 0 Å². The van der Waals surface area contributed by atoms with Crippen molar-refractivity contribution in [1.82, 2.24) is 0 Å². The van der Waals surface area contributed by atoms with E-state index in [1.165, 1.54) is 0 Å². The minimum absolute atomic E-state index is 0. The zero-order chi connectivity index (χ0) is 12.0. The summed E-state index contributed by atoms with van der Waals surface area (Å²) in [6.07, 6.45) is -5.53. The predicted molar refractivity (Wildman–Crippen MR) is 36.9 cm³/mol. The second-order valence-corrected chi connectivity index (χ2v) is 2.87. The van der Waals surface area contributed by atoms with Gasteiger partial charge in [0.15, 0.2) is 11.6 Å². The fraction of sp³-hybridized carbons (Fsp3) is 0.143. The standard InChI is InChI=1S/C7HF7S.Na/c8-2-1(7(12,13)14)3(9)5(11)6(15)4(2)10;/h15H;/q;+1/p-1. The van der Waals surface area contributed by atoms with E-state index in [1.54, 1.807) is 0 Å². The van der Waals surface area contributed by atoms with Crippen LogP contribution < -0.4 is 29.6 Å². The Morgan fingerprint density at radius 2 is 1.06 bits per heavy atom. The van der Waals surface area contributed by atoms with Gasteiger partial charge in [-0.25, -0.2) is 17.6 Å². The second-order valence-electron chi connectivity index (χ2n) is 2.46. The van der Waals surface area contributed by atoms with Crippen molar-refractivity contribution >= 4 is 12.6 Å². The van der Waals surface area contributed by atoms with E-state index in [2.05, 4.69) is 12.6 Å². The normalized spacial score (nSPS) is 11.2. The number of benzene rings is 1. The summed E-state index contributed by atoms with van der Waals surface area (Å²) in [6, 6.07) is 0. The van der Waals surface area contributed by atoms with Crippen molar-refractivity contribution in [2.45, 2.75) is 11.1 Å². The molecular weight excluding hydrogens is 272 g/mol. The molecule has 0 aliphatic heterocycles. The smallest absolute Gasteiger partial charge is 0.774 e. The van der Waals surface area contributed by atoms with Gasteiger partial charge in [-0.1, -0.05) is 4.90 Å². The van der Waals surface area contributed by atoms with E-state index in [9.17, 15) is 30.7 Å². The molecule has 0 unspecified atom stereocenters. The largest absolute Gasteiger partial charge is 1.00 e. The molecule has 0 saturated carbocycles. The SMILES string of the molecule is Fc1c(F)c(C(F)(F)F)c(F)c(F)c1[S-].[Na+].